The van der Waals surface area contributed by atoms with Gasteiger partial charge in [-0.15, -0.1) is 0 Å². The highest BCUT2D eigenvalue weighted by Crippen LogP contribution is 2.47. The predicted octanol–water partition coefficient (Wildman–Crippen LogP) is 3.43. The summed E-state index contributed by atoms with van der Waals surface area (Å²) in [4.78, 5) is 26.2. The predicted molar refractivity (Wildman–Crippen MR) is 119 cm³/mol. The maximum Gasteiger partial charge on any atom is 0.256 e. The molecular formula is C24H26FN7O. The fourth-order valence-corrected chi connectivity index (χ4v) is 5.29. The molecule has 1 amide bonds. The molecule has 9 heteroatoms. The molecule has 170 valence electrons. The van der Waals surface area contributed by atoms with Crippen LogP contribution in [0.2, 0.25) is 0 Å². The number of hydrogen-bond donors (Lipinski definition) is 1. The van der Waals surface area contributed by atoms with Gasteiger partial charge in [0.15, 0.2) is 0 Å². The van der Waals surface area contributed by atoms with Crippen LogP contribution in [0, 0.1) is 17.7 Å². The van der Waals surface area contributed by atoms with Gasteiger partial charge in [-0.05, 0) is 55.7 Å². The summed E-state index contributed by atoms with van der Waals surface area (Å²) >= 11 is 0. The highest BCUT2D eigenvalue weighted by Gasteiger charge is 2.50. The minimum Gasteiger partial charge on any atom is -0.367 e. The molecule has 4 heterocycles. The van der Waals surface area contributed by atoms with Crippen LogP contribution in [-0.2, 0) is 0 Å². The number of aromatic nitrogens is 5. The highest BCUT2D eigenvalue weighted by atomic mass is 19.1. The zero-order valence-corrected chi connectivity index (χ0v) is 18.4. The first kappa shape index (κ1) is 20.3. The van der Waals surface area contributed by atoms with Crippen molar-refractivity contribution in [2.75, 3.05) is 11.9 Å². The highest BCUT2D eigenvalue weighted by molar-refractivity contribution is 5.98. The Morgan fingerprint density at radius 3 is 2.64 bits per heavy atom. The van der Waals surface area contributed by atoms with Gasteiger partial charge in [0.25, 0.3) is 5.91 Å². The van der Waals surface area contributed by atoms with E-state index >= 15 is 0 Å². The third-order valence-corrected chi connectivity index (χ3v) is 7.47. The number of benzene rings is 1. The van der Waals surface area contributed by atoms with Crippen molar-refractivity contribution in [3.8, 4) is 5.69 Å². The quantitative estimate of drug-likeness (QED) is 0.623. The summed E-state index contributed by atoms with van der Waals surface area (Å²) in [6.45, 7) is 2.78. The van der Waals surface area contributed by atoms with E-state index in [1.54, 1.807) is 24.7 Å². The fraction of sp³-hybridized carbons (Fsp3) is 0.458. The van der Waals surface area contributed by atoms with Crippen LogP contribution in [0.25, 0.3) is 5.69 Å². The van der Waals surface area contributed by atoms with Gasteiger partial charge < -0.3 is 10.2 Å². The molecule has 3 aromatic rings. The Labute approximate surface area is 191 Å². The second-order valence-electron chi connectivity index (χ2n) is 9.49. The Morgan fingerprint density at radius 2 is 1.94 bits per heavy atom. The SMILES string of the molecule is CC1C2CC(C2)N(C(=O)c2cc(F)ccc2-n2nccn2)C1CNc1cnc(C2CC2)cn1. The zero-order valence-electron chi connectivity index (χ0n) is 18.4. The van der Waals surface area contributed by atoms with E-state index in [4.69, 9.17) is 0 Å². The number of carbonyl (C=O) groups is 1. The summed E-state index contributed by atoms with van der Waals surface area (Å²) in [5.74, 6) is 1.57. The second-order valence-corrected chi connectivity index (χ2v) is 9.49. The van der Waals surface area contributed by atoms with E-state index in [-0.39, 0.29) is 23.6 Å². The third-order valence-electron chi connectivity index (χ3n) is 7.47. The molecule has 2 aliphatic carbocycles. The summed E-state index contributed by atoms with van der Waals surface area (Å²) in [7, 11) is 0. The Balaban J connectivity index is 1.26. The maximum atomic E-state index is 14.2. The summed E-state index contributed by atoms with van der Waals surface area (Å²) in [5.41, 5.74) is 1.81. The van der Waals surface area contributed by atoms with Crippen molar-refractivity contribution < 1.29 is 9.18 Å². The molecule has 4 fully saturated rings. The van der Waals surface area contributed by atoms with Crippen LogP contribution in [0.1, 0.15) is 54.6 Å². The van der Waals surface area contributed by atoms with Crippen molar-refractivity contribution in [2.24, 2.45) is 11.8 Å². The van der Waals surface area contributed by atoms with Crippen LogP contribution >= 0.6 is 0 Å². The third kappa shape index (κ3) is 3.65. The lowest BCUT2D eigenvalue weighted by Crippen LogP contribution is -2.64. The summed E-state index contributed by atoms with van der Waals surface area (Å²) in [5, 5.41) is 11.7. The number of anilines is 1. The normalized spacial score (nSPS) is 26.1. The summed E-state index contributed by atoms with van der Waals surface area (Å²) < 4.78 is 14.2. The molecule has 2 aliphatic heterocycles. The van der Waals surface area contributed by atoms with Crippen LogP contribution in [0.5, 0.6) is 0 Å². The van der Waals surface area contributed by atoms with Crippen LogP contribution in [0.3, 0.4) is 0 Å². The second kappa shape index (κ2) is 7.90. The van der Waals surface area contributed by atoms with Crippen molar-refractivity contribution in [3.63, 3.8) is 0 Å². The lowest BCUT2D eigenvalue weighted by atomic mass is 9.64. The number of amides is 1. The minimum atomic E-state index is -0.452. The topological polar surface area (TPSA) is 88.8 Å². The summed E-state index contributed by atoms with van der Waals surface area (Å²) in [6.07, 6.45) is 11.1. The zero-order chi connectivity index (χ0) is 22.5. The largest absolute Gasteiger partial charge is 0.367 e. The van der Waals surface area contributed by atoms with Crippen molar-refractivity contribution in [3.05, 3.63) is 60.1 Å². The number of rotatable bonds is 6. The molecule has 2 saturated heterocycles. The van der Waals surface area contributed by atoms with Gasteiger partial charge in [0.2, 0.25) is 0 Å². The van der Waals surface area contributed by atoms with Crippen molar-refractivity contribution >= 4 is 11.7 Å². The van der Waals surface area contributed by atoms with E-state index in [2.05, 4.69) is 32.4 Å². The Morgan fingerprint density at radius 1 is 1.15 bits per heavy atom. The van der Waals surface area contributed by atoms with Gasteiger partial charge in [0, 0.05) is 18.5 Å². The van der Waals surface area contributed by atoms with E-state index in [0.29, 0.717) is 35.8 Å². The molecule has 1 aromatic carbocycles. The molecule has 2 saturated carbocycles. The molecule has 8 nitrogen and oxygen atoms in total. The van der Waals surface area contributed by atoms with Crippen molar-refractivity contribution in [1.29, 1.82) is 0 Å². The molecule has 2 unspecified atom stereocenters. The number of halogens is 1. The number of carbonyl (C=O) groups excluding carboxylic acids is 1. The first-order valence-electron chi connectivity index (χ1n) is 11.6. The molecule has 33 heavy (non-hydrogen) atoms. The monoisotopic (exact) mass is 447 g/mol. The molecule has 2 bridgehead atoms. The Bertz CT molecular complexity index is 1160. The molecule has 2 atom stereocenters. The molecule has 0 spiro atoms. The lowest BCUT2D eigenvalue weighted by molar-refractivity contribution is -0.0502. The van der Waals surface area contributed by atoms with Crippen molar-refractivity contribution in [2.45, 2.75) is 50.6 Å². The van der Waals surface area contributed by atoms with Gasteiger partial charge in [0.05, 0.1) is 47.8 Å². The lowest BCUT2D eigenvalue weighted by Gasteiger charge is -2.57. The van der Waals surface area contributed by atoms with Gasteiger partial charge in [0.1, 0.15) is 11.6 Å². The Kier molecular flexibility index (Phi) is 4.85. The molecule has 1 N–H and O–H groups in total. The molecule has 2 aromatic heterocycles. The van der Waals surface area contributed by atoms with Gasteiger partial charge in [-0.3, -0.25) is 9.78 Å². The van der Waals surface area contributed by atoms with Gasteiger partial charge in [-0.25, -0.2) is 9.37 Å². The van der Waals surface area contributed by atoms with E-state index in [9.17, 15) is 9.18 Å². The van der Waals surface area contributed by atoms with Crippen LogP contribution in [0.4, 0.5) is 10.2 Å². The number of fused-ring (bicyclic) bond motifs is 2. The van der Waals surface area contributed by atoms with Crippen LogP contribution < -0.4 is 5.32 Å². The van der Waals surface area contributed by atoms with Crippen molar-refractivity contribution in [1.82, 2.24) is 29.9 Å². The fourth-order valence-electron chi connectivity index (χ4n) is 5.29. The van der Waals surface area contributed by atoms with Gasteiger partial charge in [-0.1, -0.05) is 6.92 Å². The average molecular weight is 448 g/mol. The van der Waals surface area contributed by atoms with E-state index in [0.717, 1.165) is 18.5 Å². The van der Waals surface area contributed by atoms with E-state index in [1.165, 1.54) is 29.8 Å². The first-order valence-corrected chi connectivity index (χ1v) is 11.6. The number of nitrogens with zero attached hydrogens (tertiary/aromatic N) is 6. The Hall–Kier alpha value is -3.36. The maximum absolute atomic E-state index is 14.2. The number of nitrogens with one attached hydrogen (secondary N) is 1. The van der Waals surface area contributed by atoms with Crippen LogP contribution in [-0.4, -0.2) is 54.4 Å². The van der Waals surface area contributed by atoms with Crippen LogP contribution in [0.15, 0.2) is 43.0 Å². The summed E-state index contributed by atoms with van der Waals surface area (Å²) in [6, 6.07) is 4.32. The standard InChI is InChI=1S/C24H26FN7O/c1-14-16-8-18(9-16)31(22(14)12-28-23-13-26-20(11-27-23)15-2-3-15)24(33)19-10-17(25)4-5-21(19)32-29-6-7-30-32/h4-7,10-11,13-16,18,22H,2-3,8-9,12H2,1H3,(H,27,28). The minimum absolute atomic E-state index is 0.0263. The number of hydrogen-bond acceptors (Lipinski definition) is 6. The van der Waals surface area contributed by atoms with Gasteiger partial charge in [-0.2, -0.15) is 15.0 Å². The molecule has 4 aliphatic rings. The van der Waals surface area contributed by atoms with E-state index < -0.39 is 5.82 Å². The first-order chi connectivity index (χ1) is 16.1. The average Bonchev–Trinajstić information content (AvgIpc) is 3.51. The van der Waals surface area contributed by atoms with Gasteiger partial charge >= 0.3 is 0 Å². The van der Waals surface area contributed by atoms with E-state index in [1.807, 2.05) is 11.1 Å². The molecule has 7 rings (SSSR count). The molecular weight excluding hydrogens is 421 g/mol. The number of piperidine rings is 2. The molecule has 0 radical (unpaired) electrons. The smallest absolute Gasteiger partial charge is 0.256 e.